The quantitative estimate of drug-likeness (QED) is 0.855. The second kappa shape index (κ2) is 5.03. The average Bonchev–Trinajstić information content (AvgIpc) is 2.87. The van der Waals surface area contributed by atoms with Gasteiger partial charge in [-0.3, -0.25) is 4.68 Å². The maximum absolute atomic E-state index is 10.2. The highest BCUT2D eigenvalue weighted by Gasteiger charge is 2.27. The molecule has 4 heteroatoms. The van der Waals surface area contributed by atoms with Crippen LogP contribution in [0, 0.1) is 0 Å². The number of hydrogen-bond donors (Lipinski definition) is 1. The molecule has 0 bridgehead atoms. The summed E-state index contributed by atoms with van der Waals surface area (Å²) in [5.74, 6) is 1.18. The van der Waals surface area contributed by atoms with Gasteiger partial charge in [-0.15, -0.1) is 0 Å². The largest absolute Gasteiger partial charge is 0.386 e. The van der Waals surface area contributed by atoms with Crippen molar-refractivity contribution in [2.24, 2.45) is 0 Å². The Morgan fingerprint density at radius 3 is 3.27 bits per heavy atom. The normalized spacial score (nSPS) is 23.2. The third kappa shape index (κ3) is 2.37. The average molecular weight is 226 g/mol. The van der Waals surface area contributed by atoms with E-state index in [2.05, 4.69) is 12.0 Å². The highest BCUT2D eigenvalue weighted by Crippen LogP contribution is 2.35. The highest BCUT2D eigenvalue weighted by molar-refractivity contribution is 8.00. The summed E-state index contributed by atoms with van der Waals surface area (Å²) >= 11 is 1.88. The van der Waals surface area contributed by atoms with Crippen molar-refractivity contribution in [2.45, 2.75) is 44.1 Å². The summed E-state index contributed by atoms with van der Waals surface area (Å²) in [6.07, 6.45) is 4.86. The van der Waals surface area contributed by atoms with E-state index in [0.717, 1.165) is 25.1 Å². The van der Waals surface area contributed by atoms with Gasteiger partial charge < -0.3 is 5.11 Å². The summed E-state index contributed by atoms with van der Waals surface area (Å²) in [7, 11) is 0. The Labute approximate surface area is 94.9 Å². The zero-order valence-corrected chi connectivity index (χ0v) is 9.91. The van der Waals surface area contributed by atoms with E-state index in [1.165, 1.54) is 12.2 Å². The number of thioether (sulfide) groups is 1. The molecule has 0 aromatic carbocycles. The molecule has 1 N–H and O–H groups in total. The van der Waals surface area contributed by atoms with Crippen molar-refractivity contribution in [3.05, 3.63) is 18.0 Å². The molecule has 0 spiro atoms. The van der Waals surface area contributed by atoms with Gasteiger partial charge in [0.1, 0.15) is 6.10 Å². The van der Waals surface area contributed by atoms with E-state index in [9.17, 15) is 5.11 Å². The lowest BCUT2D eigenvalue weighted by Gasteiger charge is -2.18. The molecule has 2 heterocycles. The summed E-state index contributed by atoms with van der Waals surface area (Å²) in [4.78, 5) is 0. The number of aryl methyl sites for hydroxylation is 1. The molecule has 2 atom stereocenters. The van der Waals surface area contributed by atoms with Crippen molar-refractivity contribution < 1.29 is 5.11 Å². The van der Waals surface area contributed by atoms with Gasteiger partial charge in [0, 0.05) is 18.0 Å². The van der Waals surface area contributed by atoms with Gasteiger partial charge in [-0.1, -0.05) is 6.92 Å². The third-order valence-corrected chi connectivity index (χ3v) is 4.25. The Bertz CT molecular complexity index is 307. The standard InChI is InChI=1S/C11H18N2OS/c1-2-7-13-9(5-6-12-13)11(14)10-4-3-8-15-10/h5-6,10-11,14H,2-4,7-8H2,1H3. The molecule has 0 saturated carbocycles. The molecule has 84 valence electrons. The number of hydrogen-bond acceptors (Lipinski definition) is 3. The van der Waals surface area contributed by atoms with Gasteiger partial charge in [0.2, 0.25) is 0 Å². The fourth-order valence-electron chi connectivity index (χ4n) is 2.03. The van der Waals surface area contributed by atoms with Gasteiger partial charge in [0.05, 0.1) is 5.69 Å². The van der Waals surface area contributed by atoms with E-state index < -0.39 is 0 Å². The Morgan fingerprint density at radius 1 is 1.73 bits per heavy atom. The zero-order chi connectivity index (χ0) is 10.7. The molecule has 1 aliphatic rings. The van der Waals surface area contributed by atoms with Gasteiger partial charge in [-0.25, -0.2) is 0 Å². The summed E-state index contributed by atoms with van der Waals surface area (Å²) in [6, 6.07) is 1.94. The van der Waals surface area contributed by atoms with Gasteiger partial charge in [0.25, 0.3) is 0 Å². The molecule has 15 heavy (non-hydrogen) atoms. The van der Waals surface area contributed by atoms with Crippen molar-refractivity contribution in [3.8, 4) is 0 Å². The molecule has 0 aliphatic carbocycles. The Balaban J connectivity index is 2.09. The Hall–Kier alpha value is -0.480. The highest BCUT2D eigenvalue weighted by atomic mass is 32.2. The van der Waals surface area contributed by atoms with Crippen LogP contribution in [0.5, 0.6) is 0 Å². The van der Waals surface area contributed by atoms with Crippen LogP contribution in [0.1, 0.15) is 38.0 Å². The molecule has 1 aromatic rings. The predicted molar refractivity (Wildman–Crippen MR) is 63.0 cm³/mol. The molecule has 2 rings (SSSR count). The van der Waals surface area contributed by atoms with Crippen LogP contribution in [-0.4, -0.2) is 25.9 Å². The minimum absolute atomic E-state index is 0.341. The van der Waals surface area contributed by atoms with Crippen LogP contribution in [0.2, 0.25) is 0 Å². The monoisotopic (exact) mass is 226 g/mol. The van der Waals surface area contributed by atoms with E-state index in [4.69, 9.17) is 0 Å². The molecular weight excluding hydrogens is 208 g/mol. The molecular formula is C11H18N2OS. The van der Waals surface area contributed by atoms with Crippen LogP contribution in [-0.2, 0) is 6.54 Å². The summed E-state index contributed by atoms with van der Waals surface area (Å²) in [6.45, 7) is 3.03. The summed E-state index contributed by atoms with van der Waals surface area (Å²) in [5, 5.41) is 14.9. The Kier molecular flexibility index (Phi) is 3.70. The number of aliphatic hydroxyl groups excluding tert-OH is 1. The van der Waals surface area contributed by atoms with E-state index in [0.29, 0.717) is 5.25 Å². The zero-order valence-electron chi connectivity index (χ0n) is 9.09. The van der Waals surface area contributed by atoms with Crippen molar-refractivity contribution in [3.63, 3.8) is 0 Å². The lowest BCUT2D eigenvalue weighted by molar-refractivity contribution is 0.161. The maximum Gasteiger partial charge on any atom is 0.107 e. The lowest BCUT2D eigenvalue weighted by Crippen LogP contribution is -2.17. The lowest BCUT2D eigenvalue weighted by atomic mass is 10.1. The van der Waals surface area contributed by atoms with Crippen molar-refractivity contribution in [1.29, 1.82) is 0 Å². The maximum atomic E-state index is 10.2. The third-order valence-electron chi connectivity index (χ3n) is 2.80. The molecule has 1 saturated heterocycles. The Morgan fingerprint density at radius 2 is 2.60 bits per heavy atom. The molecule has 1 fully saturated rings. The van der Waals surface area contributed by atoms with Gasteiger partial charge in [0.15, 0.2) is 0 Å². The second-order valence-corrected chi connectivity index (χ2v) is 5.32. The van der Waals surface area contributed by atoms with Crippen LogP contribution < -0.4 is 0 Å². The minimum atomic E-state index is -0.341. The minimum Gasteiger partial charge on any atom is -0.386 e. The topological polar surface area (TPSA) is 38.0 Å². The van der Waals surface area contributed by atoms with Crippen molar-refractivity contribution in [1.82, 2.24) is 9.78 Å². The fourth-order valence-corrected chi connectivity index (χ4v) is 3.33. The van der Waals surface area contributed by atoms with Crippen molar-refractivity contribution >= 4 is 11.8 Å². The van der Waals surface area contributed by atoms with E-state index in [1.54, 1.807) is 6.20 Å². The van der Waals surface area contributed by atoms with Gasteiger partial charge >= 0.3 is 0 Å². The van der Waals surface area contributed by atoms with E-state index in [-0.39, 0.29) is 6.10 Å². The first-order valence-corrected chi connectivity index (χ1v) is 6.69. The molecule has 1 aliphatic heterocycles. The first-order chi connectivity index (χ1) is 7.33. The number of aromatic nitrogens is 2. The number of rotatable bonds is 4. The van der Waals surface area contributed by atoms with Crippen LogP contribution in [0.25, 0.3) is 0 Å². The van der Waals surface area contributed by atoms with E-state index >= 15 is 0 Å². The second-order valence-electron chi connectivity index (χ2n) is 3.98. The van der Waals surface area contributed by atoms with Crippen LogP contribution in [0.4, 0.5) is 0 Å². The van der Waals surface area contributed by atoms with Gasteiger partial charge in [-0.2, -0.15) is 16.9 Å². The molecule has 1 aromatic heterocycles. The van der Waals surface area contributed by atoms with Crippen molar-refractivity contribution in [2.75, 3.05) is 5.75 Å². The van der Waals surface area contributed by atoms with Gasteiger partial charge in [-0.05, 0) is 31.1 Å². The summed E-state index contributed by atoms with van der Waals surface area (Å²) < 4.78 is 1.93. The number of aliphatic hydroxyl groups is 1. The van der Waals surface area contributed by atoms with Crippen LogP contribution in [0.15, 0.2) is 12.3 Å². The predicted octanol–water partition coefficient (Wildman–Crippen LogP) is 2.22. The van der Waals surface area contributed by atoms with Crippen LogP contribution in [0.3, 0.4) is 0 Å². The molecule has 0 radical (unpaired) electrons. The number of nitrogens with zero attached hydrogens (tertiary/aromatic N) is 2. The molecule has 2 unspecified atom stereocenters. The smallest absolute Gasteiger partial charge is 0.107 e. The fraction of sp³-hybridized carbons (Fsp3) is 0.727. The molecule has 3 nitrogen and oxygen atoms in total. The first-order valence-electron chi connectivity index (χ1n) is 5.64. The SMILES string of the molecule is CCCn1nccc1C(O)C1CCCS1. The van der Waals surface area contributed by atoms with E-state index in [1.807, 2.05) is 22.5 Å². The molecule has 0 amide bonds. The first kappa shape index (κ1) is 11.0. The summed E-state index contributed by atoms with van der Waals surface area (Å²) in [5.41, 5.74) is 0.983. The van der Waals surface area contributed by atoms with Crippen LogP contribution >= 0.6 is 11.8 Å².